The van der Waals surface area contributed by atoms with Crippen molar-refractivity contribution in [2.45, 2.75) is 38.8 Å². The molecular formula is C13H18FNO. The van der Waals surface area contributed by atoms with Crippen LogP contribution in [0.3, 0.4) is 0 Å². The van der Waals surface area contributed by atoms with E-state index in [1.165, 1.54) is 12.1 Å². The smallest absolute Gasteiger partial charge is 0.123 e. The topological polar surface area (TPSA) is 23.5 Å². The molecular weight excluding hydrogens is 205 g/mol. The first-order valence-corrected chi connectivity index (χ1v) is 5.71. The van der Waals surface area contributed by atoms with Gasteiger partial charge in [-0.05, 0) is 44.9 Å². The molecule has 0 aliphatic carbocycles. The van der Waals surface area contributed by atoms with Crippen molar-refractivity contribution >= 4 is 5.69 Å². The predicted molar refractivity (Wildman–Crippen MR) is 63.0 cm³/mol. The van der Waals surface area contributed by atoms with Crippen LogP contribution in [0.1, 0.15) is 32.3 Å². The Hall–Kier alpha value is -1.09. The fourth-order valence-corrected chi connectivity index (χ4v) is 2.50. The van der Waals surface area contributed by atoms with Gasteiger partial charge in [0.2, 0.25) is 0 Å². The first kappa shape index (κ1) is 11.4. The van der Waals surface area contributed by atoms with Crippen LogP contribution in [0.25, 0.3) is 0 Å². The van der Waals surface area contributed by atoms with Crippen LogP contribution in [0.5, 0.6) is 0 Å². The van der Waals surface area contributed by atoms with Gasteiger partial charge in [0.25, 0.3) is 0 Å². The summed E-state index contributed by atoms with van der Waals surface area (Å²) in [5.41, 5.74) is 1.74. The summed E-state index contributed by atoms with van der Waals surface area (Å²) in [6.45, 7) is 5.24. The van der Waals surface area contributed by atoms with Crippen LogP contribution < -0.4 is 4.90 Å². The van der Waals surface area contributed by atoms with Crippen LogP contribution in [-0.2, 0) is 6.61 Å². The molecule has 1 fully saturated rings. The molecule has 16 heavy (non-hydrogen) atoms. The zero-order valence-electron chi connectivity index (χ0n) is 9.83. The van der Waals surface area contributed by atoms with Gasteiger partial charge < -0.3 is 10.0 Å². The maximum absolute atomic E-state index is 13.1. The Balaban J connectivity index is 2.40. The second kappa shape index (κ2) is 4.06. The van der Waals surface area contributed by atoms with E-state index in [-0.39, 0.29) is 18.0 Å². The van der Waals surface area contributed by atoms with Crippen LogP contribution in [-0.4, -0.2) is 17.2 Å². The molecule has 1 aromatic carbocycles. The highest BCUT2D eigenvalue weighted by Crippen LogP contribution is 2.35. The van der Waals surface area contributed by atoms with Crippen molar-refractivity contribution in [3.05, 3.63) is 29.6 Å². The molecule has 0 aromatic heterocycles. The van der Waals surface area contributed by atoms with Crippen LogP contribution in [0.2, 0.25) is 0 Å². The Kier molecular flexibility index (Phi) is 2.89. The number of anilines is 1. The fourth-order valence-electron chi connectivity index (χ4n) is 2.50. The van der Waals surface area contributed by atoms with Gasteiger partial charge in [0.15, 0.2) is 0 Å². The summed E-state index contributed by atoms with van der Waals surface area (Å²) in [6.07, 6.45) is 2.28. The molecule has 1 N–H and O–H groups in total. The van der Waals surface area contributed by atoms with Gasteiger partial charge >= 0.3 is 0 Å². The molecule has 0 unspecified atom stereocenters. The molecule has 2 nitrogen and oxygen atoms in total. The molecule has 1 saturated heterocycles. The normalized spacial score (nSPS) is 19.1. The van der Waals surface area contributed by atoms with E-state index in [9.17, 15) is 9.50 Å². The Labute approximate surface area is 95.7 Å². The van der Waals surface area contributed by atoms with Crippen LogP contribution >= 0.6 is 0 Å². The minimum atomic E-state index is -0.287. The zero-order valence-corrected chi connectivity index (χ0v) is 9.83. The van der Waals surface area contributed by atoms with E-state index in [0.29, 0.717) is 5.56 Å². The van der Waals surface area contributed by atoms with Gasteiger partial charge in [0, 0.05) is 23.3 Å². The molecule has 0 saturated carbocycles. The van der Waals surface area contributed by atoms with Crippen molar-refractivity contribution in [2.24, 2.45) is 0 Å². The van der Waals surface area contributed by atoms with E-state index in [1.807, 2.05) is 0 Å². The molecule has 2 rings (SSSR count). The number of benzene rings is 1. The molecule has 0 radical (unpaired) electrons. The second-order valence-corrected chi connectivity index (χ2v) is 5.00. The highest BCUT2D eigenvalue weighted by atomic mass is 19.1. The lowest BCUT2D eigenvalue weighted by molar-refractivity contribution is 0.281. The number of rotatable bonds is 2. The minimum absolute atomic E-state index is 0.0990. The molecule has 0 amide bonds. The molecule has 0 spiro atoms. The van der Waals surface area contributed by atoms with Gasteiger partial charge in [0.05, 0.1) is 6.61 Å². The third-order valence-electron chi connectivity index (χ3n) is 3.40. The van der Waals surface area contributed by atoms with E-state index < -0.39 is 0 Å². The molecule has 0 atom stereocenters. The minimum Gasteiger partial charge on any atom is -0.392 e. The maximum atomic E-state index is 13.1. The van der Waals surface area contributed by atoms with Gasteiger partial charge in [-0.3, -0.25) is 0 Å². The van der Waals surface area contributed by atoms with E-state index in [4.69, 9.17) is 0 Å². The summed E-state index contributed by atoms with van der Waals surface area (Å²) in [4.78, 5) is 2.26. The van der Waals surface area contributed by atoms with Crippen molar-refractivity contribution in [1.82, 2.24) is 0 Å². The standard InChI is InChI=1S/C13H18FNO/c1-13(2)6-3-7-15(13)12-5-4-11(14)8-10(12)9-16/h4-5,8,16H,3,6-7,9H2,1-2H3. The van der Waals surface area contributed by atoms with Crippen LogP contribution in [0.4, 0.5) is 10.1 Å². The number of hydrogen-bond acceptors (Lipinski definition) is 2. The maximum Gasteiger partial charge on any atom is 0.123 e. The molecule has 1 aromatic rings. The zero-order chi connectivity index (χ0) is 11.8. The first-order valence-electron chi connectivity index (χ1n) is 5.71. The van der Waals surface area contributed by atoms with E-state index in [2.05, 4.69) is 18.7 Å². The lowest BCUT2D eigenvalue weighted by Crippen LogP contribution is -2.38. The summed E-state index contributed by atoms with van der Waals surface area (Å²) in [5.74, 6) is -0.287. The number of halogens is 1. The summed E-state index contributed by atoms with van der Waals surface area (Å²) in [5, 5.41) is 9.28. The Bertz CT molecular complexity index is 390. The Morgan fingerprint density at radius 1 is 1.44 bits per heavy atom. The largest absolute Gasteiger partial charge is 0.392 e. The predicted octanol–water partition coefficient (Wildman–Crippen LogP) is 2.70. The molecule has 3 heteroatoms. The van der Waals surface area contributed by atoms with Crippen molar-refractivity contribution in [2.75, 3.05) is 11.4 Å². The number of hydrogen-bond donors (Lipinski definition) is 1. The quantitative estimate of drug-likeness (QED) is 0.833. The van der Waals surface area contributed by atoms with Crippen LogP contribution in [0.15, 0.2) is 18.2 Å². The summed E-state index contributed by atoms with van der Waals surface area (Å²) >= 11 is 0. The van der Waals surface area contributed by atoms with Crippen molar-refractivity contribution in [1.29, 1.82) is 0 Å². The third-order valence-corrected chi connectivity index (χ3v) is 3.40. The molecule has 0 bridgehead atoms. The number of aliphatic hydroxyl groups excluding tert-OH is 1. The summed E-state index contributed by atoms with van der Waals surface area (Å²) in [6, 6.07) is 4.65. The van der Waals surface area contributed by atoms with Crippen molar-refractivity contribution < 1.29 is 9.50 Å². The van der Waals surface area contributed by atoms with Gasteiger partial charge in [-0.2, -0.15) is 0 Å². The average Bonchev–Trinajstić information content (AvgIpc) is 2.58. The monoisotopic (exact) mass is 223 g/mol. The van der Waals surface area contributed by atoms with Gasteiger partial charge in [-0.15, -0.1) is 0 Å². The van der Waals surface area contributed by atoms with Crippen molar-refractivity contribution in [3.63, 3.8) is 0 Å². The van der Waals surface area contributed by atoms with Crippen LogP contribution in [0, 0.1) is 5.82 Å². The molecule has 88 valence electrons. The summed E-state index contributed by atoms with van der Waals surface area (Å²) in [7, 11) is 0. The lowest BCUT2D eigenvalue weighted by atomic mass is 10.0. The first-order chi connectivity index (χ1) is 7.54. The Morgan fingerprint density at radius 2 is 2.19 bits per heavy atom. The SMILES string of the molecule is CC1(C)CCCN1c1ccc(F)cc1CO. The highest BCUT2D eigenvalue weighted by Gasteiger charge is 2.32. The fraction of sp³-hybridized carbons (Fsp3) is 0.538. The van der Waals surface area contributed by atoms with E-state index >= 15 is 0 Å². The van der Waals surface area contributed by atoms with Gasteiger partial charge in [-0.1, -0.05) is 0 Å². The highest BCUT2D eigenvalue weighted by molar-refractivity contribution is 5.56. The Morgan fingerprint density at radius 3 is 2.75 bits per heavy atom. The summed E-state index contributed by atoms with van der Waals surface area (Å²) < 4.78 is 13.1. The number of nitrogens with zero attached hydrogens (tertiary/aromatic N) is 1. The van der Waals surface area contributed by atoms with Gasteiger partial charge in [0.1, 0.15) is 5.82 Å². The van der Waals surface area contributed by atoms with E-state index in [0.717, 1.165) is 25.1 Å². The van der Waals surface area contributed by atoms with Gasteiger partial charge in [-0.25, -0.2) is 4.39 Å². The molecule has 1 aliphatic rings. The third kappa shape index (κ3) is 1.92. The lowest BCUT2D eigenvalue weighted by Gasteiger charge is -2.35. The van der Waals surface area contributed by atoms with E-state index in [1.54, 1.807) is 6.07 Å². The average molecular weight is 223 g/mol. The van der Waals surface area contributed by atoms with Crippen molar-refractivity contribution in [3.8, 4) is 0 Å². The second-order valence-electron chi connectivity index (χ2n) is 5.00. The molecule has 1 aliphatic heterocycles. The number of aliphatic hydroxyl groups is 1. The molecule has 1 heterocycles.